The van der Waals surface area contributed by atoms with Crippen molar-refractivity contribution in [3.8, 4) is 0 Å². The average molecular weight is 362 g/mol. The lowest BCUT2D eigenvalue weighted by Crippen LogP contribution is -2.35. The molecule has 2 rings (SSSR count). The fourth-order valence-electron chi connectivity index (χ4n) is 2.45. The zero-order valence-corrected chi connectivity index (χ0v) is 15.5. The van der Waals surface area contributed by atoms with Gasteiger partial charge in [-0.25, -0.2) is 19.5 Å². The Kier molecular flexibility index (Phi) is 5.73. The summed E-state index contributed by atoms with van der Waals surface area (Å²) in [5.74, 6) is 0.347. The number of carbonyl (C=O) groups excluding carboxylic acids is 1. The normalized spacial score (nSPS) is 11.6. The molecule has 134 valence electrons. The number of rotatable bonds is 5. The highest BCUT2D eigenvalue weighted by atomic mass is 32.2. The van der Waals surface area contributed by atoms with E-state index in [1.165, 1.54) is 12.3 Å². The standard InChI is InChI=1S/C17H22N4O3S/c1-11(2)13-6-5-7-14(12(3)4)16(13)20-17(22)21-25(23,24)15-8-9-18-10-19-15/h5-12H,1-4H3,(H2,20,21,22). The topological polar surface area (TPSA) is 101 Å². The van der Waals surface area contributed by atoms with Crippen molar-refractivity contribution in [3.63, 3.8) is 0 Å². The Balaban J connectivity index is 2.29. The molecule has 0 aliphatic heterocycles. The van der Waals surface area contributed by atoms with Crippen molar-refractivity contribution in [2.45, 2.75) is 44.6 Å². The van der Waals surface area contributed by atoms with E-state index in [0.717, 1.165) is 17.5 Å². The van der Waals surface area contributed by atoms with Crippen molar-refractivity contribution >= 4 is 21.7 Å². The van der Waals surface area contributed by atoms with Crippen molar-refractivity contribution in [2.75, 3.05) is 5.32 Å². The number of hydrogen-bond donors (Lipinski definition) is 2. The second-order valence-corrected chi connectivity index (χ2v) is 7.86. The van der Waals surface area contributed by atoms with Crippen LogP contribution in [0.3, 0.4) is 0 Å². The predicted molar refractivity (Wildman–Crippen MR) is 96.0 cm³/mol. The Bertz CT molecular complexity index is 823. The number of anilines is 1. The maximum absolute atomic E-state index is 12.3. The third-order valence-electron chi connectivity index (χ3n) is 3.67. The third-order valence-corrected chi connectivity index (χ3v) is 4.91. The average Bonchev–Trinajstić information content (AvgIpc) is 2.54. The van der Waals surface area contributed by atoms with Gasteiger partial charge in [-0.1, -0.05) is 45.9 Å². The molecule has 1 heterocycles. The van der Waals surface area contributed by atoms with Crippen LogP contribution in [0.15, 0.2) is 41.8 Å². The summed E-state index contributed by atoms with van der Waals surface area (Å²) in [5, 5.41) is 2.43. The van der Waals surface area contributed by atoms with Gasteiger partial charge in [-0.05, 0) is 29.0 Å². The molecule has 8 heteroatoms. The van der Waals surface area contributed by atoms with Gasteiger partial charge < -0.3 is 5.32 Å². The molecule has 0 unspecified atom stereocenters. The number of carbonyl (C=O) groups is 1. The maximum atomic E-state index is 12.3. The first-order valence-electron chi connectivity index (χ1n) is 7.95. The summed E-state index contributed by atoms with van der Waals surface area (Å²) in [6.07, 6.45) is 2.40. The number of hydrogen-bond acceptors (Lipinski definition) is 5. The minimum atomic E-state index is -4.06. The molecule has 0 bridgehead atoms. The van der Waals surface area contributed by atoms with Crippen LogP contribution in [0, 0.1) is 0 Å². The molecule has 0 atom stereocenters. The Morgan fingerprint density at radius 1 is 1.04 bits per heavy atom. The number of para-hydroxylation sites is 1. The molecule has 1 aromatic carbocycles. The summed E-state index contributed by atoms with van der Waals surface area (Å²) in [6.45, 7) is 8.06. The lowest BCUT2D eigenvalue weighted by atomic mass is 9.93. The van der Waals surface area contributed by atoms with E-state index in [1.54, 1.807) is 0 Å². The van der Waals surface area contributed by atoms with Crippen LogP contribution in [0.5, 0.6) is 0 Å². The number of aromatic nitrogens is 2. The second kappa shape index (κ2) is 7.60. The zero-order chi connectivity index (χ0) is 18.6. The smallest absolute Gasteiger partial charge is 0.307 e. The van der Waals surface area contributed by atoms with E-state index in [4.69, 9.17) is 0 Å². The van der Waals surface area contributed by atoms with E-state index in [-0.39, 0.29) is 16.9 Å². The molecule has 0 spiro atoms. The van der Waals surface area contributed by atoms with Crippen LogP contribution >= 0.6 is 0 Å². The first-order valence-corrected chi connectivity index (χ1v) is 9.43. The molecule has 2 aromatic rings. The Morgan fingerprint density at radius 2 is 1.64 bits per heavy atom. The molecule has 0 fully saturated rings. The van der Waals surface area contributed by atoms with E-state index in [9.17, 15) is 13.2 Å². The quantitative estimate of drug-likeness (QED) is 0.795. The number of benzene rings is 1. The summed E-state index contributed by atoms with van der Waals surface area (Å²) < 4.78 is 26.4. The van der Waals surface area contributed by atoms with Crippen LogP contribution in [0.1, 0.15) is 50.7 Å². The maximum Gasteiger partial charge on any atom is 0.333 e. The number of sulfonamides is 1. The van der Waals surface area contributed by atoms with E-state index in [0.29, 0.717) is 5.69 Å². The van der Waals surface area contributed by atoms with Crippen LogP contribution in [-0.2, 0) is 10.0 Å². The highest BCUT2D eigenvalue weighted by Crippen LogP contribution is 2.32. The van der Waals surface area contributed by atoms with Gasteiger partial charge in [0.05, 0.1) is 0 Å². The van der Waals surface area contributed by atoms with Gasteiger partial charge in [-0.2, -0.15) is 8.42 Å². The summed E-state index contributed by atoms with van der Waals surface area (Å²) in [7, 11) is -4.06. The second-order valence-electron chi connectivity index (χ2n) is 6.23. The first-order chi connectivity index (χ1) is 11.7. The fourth-order valence-corrected chi connectivity index (χ4v) is 3.27. The summed E-state index contributed by atoms with van der Waals surface area (Å²) >= 11 is 0. The van der Waals surface area contributed by atoms with E-state index < -0.39 is 16.1 Å². The van der Waals surface area contributed by atoms with Crippen LogP contribution in [-0.4, -0.2) is 24.4 Å². The number of urea groups is 1. The van der Waals surface area contributed by atoms with Gasteiger partial charge in [0, 0.05) is 11.9 Å². The van der Waals surface area contributed by atoms with Crippen molar-refractivity contribution in [1.82, 2.24) is 14.7 Å². The largest absolute Gasteiger partial charge is 0.333 e. The van der Waals surface area contributed by atoms with Gasteiger partial charge >= 0.3 is 6.03 Å². The van der Waals surface area contributed by atoms with E-state index in [1.807, 2.05) is 50.6 Å². The SMILES string of the molecule is CC(C)c1cccc(C(C)C)c1NC(=O)NS(=O)(=O)c1ccncn1. The number of nitrogens with zero attached hydrogens (tertiary/aromatic N) is 2. The Morgan fingerprint density at radius 3 is 2.12 bits per heavy atom. The van der Waals surface area contributed by atoms with Crippen LogP contribution in [0.25, 0.3) is 0 Å². The molecular formula is C17H22N4O3S. The monoisotopic (exact) mass is 362 g/mol. The summed E-state index contributed by atoms with van der Waals surface area (Å²) in [6, 6.07) is 6.17. The minimum Gasteiger partial charge on any atom is -0.307 e. The van der Waals surface area contributed by atoms with Gasteiger partial charge in [0.1, 0.15) is 6.33 Å². The third kappa shape index (κ3) is 4.54. The van der Waals surface area contributed by atoms with Crippen molar-refractivity contribution in [2.24, 2.45) is 0 Å². The number of nitrogens with one attached hydrogen (secondary N) is 2. The van der Waals surface area contributed by atoms with E-state index >= 15 is 0 Å². The molecule has 7 nitrogen and oxygen atoms in total. The minimum absolute atomic E-state index is 0.174. The van der Waals surface area contributed by atoms with Crippen LogP contribution in [0.4, 0.5) is 10.5 Å². The molecule has 0 saturated carbocycles. The van der Waals surface area contributed by atoms with Crippen LogP contribution < -0.4 is 10.0 Å². The van der Waals surface area contributed by atoms with Crippen molar-refractivity contribution in [3.05, 3.63) is 47.9 Å². The van der Waals surface area contributed by atoms with Gasteiger partial charge in [0.2, 0.25) is 0 Å². The highest BCUT2D eigenvalue weighted by molar-refractivity contribution is 7.90. The van der Waals surface area contributed by atoms with Gasteiger partial charge in [-0.15, -0.1) is 0 Å². The molecule has 2 N–H and O–H groups in total. The lowest BCUT2D eigenvalue weighted by Gasteiger charge is -2.20. The van der Waals surface area contributed by atoms with Gasteiger partial charge in [-0.3, -0.25) is 0 Å². The van der Waals surface area contributed by atoms with Gasteiger partial charge in [0.15, 0.2) is 5.03 Å². The van der Waals surface area contributed by atoms with Gasteiger partial charge in [0.25, 0.3) is 10.0 Å². The molecular weight excluding hydrogens is 340 g/mol. The summed E-state index contributed by atoms with van der Waals surface area (Å²) in [4.78, 5) is 19.6. The number of amides is 2. The molecule has 0 radical (unpaired) electrons. The molecule has 0 aliphatic carbocycles. The molecule has 25 heavy (non-hydrogen) atoms. The molecule has 2 amide bonds. The Hall–Kier alpha value is -2.48. The summed E-state index contributed by atoms with van der Waals surface area (Å²) in [5.41, 5.74) is 2.53. The predicted octanol–water partition coefficient (Wildman–Crippen LogP) is 3.23. The fraction of sp³-hybridized carbons (Fsp3) is 0.353. The van der Waals surface area contributed by atoms with Crippen molar-refractivity contribution in [1.29, 1.82) is 0 Å². The zero-order valence-electron chi connectivity index (χ0n) is 14.6. The lowest BCUT2D eigenvalue weighted by molar-refractivity contribution is 0.256. The highest BCUT2D eigenvalue weighted by Gasteiger charge is 2.21. The molecule has 0 aliphatic rings. The van der Waals surface area contributed by atoms with Crippen LogP contribution in [0.2, 0.25) is 0 Å². The Labute approximate surface area is 148 Å². The van der Waals surface area contributed by atoms with E-state index in [2.05, 4.69) is 15.3 Å². The van der Waals surface area contributed by atoms with Crippen molar-refractivity contribution < 1.29 is 13.2 Å². The first kappa shape index (κ1) is 18.9. The molecule has 1 aromatic heterocycles. The molecule has 0 saturated heterocycles.